The Morgan fingerprint density at radius 2 is 1.93 bits per heavy atom. The maximum absolute atomic E-state index is 8.90. The van der Waals surface area contributed by atoms with Crippen LogP contribution in [0.5, 0.6) is 0 Å². The van der Waals surface area contributed by atoms with Crippen molar-refractivity contribution in [1.29, 1.82) is 0 Å². The predicted molar refractivity (Wildman–Crippen MR) is 56.6 cm³/mol. The lowest BCUT2D eigenvalue weighted by Gasteiger charge is -2.31. The van der Waals surface area contributed by atoms with Gasteiger partial charge in [-0.1, -0.05) is 30.7 Å². The van der Waals surface area contributed by atoms with Gasteiger partial charge in [0.2, 0.25) is 0 Å². The van der Waals surface area contributed by atoms with Crippen molar-refractivity contribution in [1.82, 2.24) is 0 Å². The van der Waals surface area contributed by atoms with Gasteiger partial charge in [0.15, 0.2) is 0 Å². The highest BCUT2D eigenvalue weighted by molar-refractivity contribution is 5.25. The van der Waals surface area contributed by atoms with Crippen molar-refractivity contribution < 1.29 is 5.11 Å². The molecule has 1 aromatic rings. The Morgan fingerprint density at radius 3 is 2.36 bits per heavy atom. The molecule has 2 rings (SSSR count). The van der Waals surface area contributed by atoms with Gasteiger partial charge in [0, 0.05) is 6.04 Å². The first-order valence-electron chi connectivity index (χ1n) is 5.26. The SMILES string of the molecule is N[C@H](c1ccc(CO)cc1)C1CCC1. The van der Waals surface area contributed by atoms with Gasteiger partial charge in [0.05, 0.1) is 6.61 Å². The summed E-state index contributed by atoms with van der Waals surface area (Å²) in [6, 6.07) is 8.17. The third kappa shape index (κ3) is 1.81. The van der Waals surface area contributed by atoms with E-state index in [0.29, 0.717) is 5.92 Å². The molecule has 0 aliphatic heterocycles. The molecule has 14 heavy (non-hydrogen) atoms. The molecule has 2 heteroatoms. The van der Waals surface area contributed by atoms with Crippen LogP contribution in [0.2, 0.25) is 0 Å². The minimum Gasteiger partial charge on any atom is -0.392 e. The second-order valence-electron chi connectivity index (χ2n) is 4.12. The van der Waals surface area contributed by atoms with Crippen LogP contribution in [0.3, 0.4) is 0 Å². The molecule has 0 amide bonds. The molecule has 1 fully saturated rings. The van der Waals surface area contributed by atoms with Gasteiger partial charge in [-0.25, -0.2) is 0 Å². The van der Waals surface area contributed by atoms with Crippen molar-refractivity contribution >= 4 is 0 Å². The third-order valence-corrected chi connectivity index (χ3v) is 3.20. The zero-order chi connectivity index (χ0) is 9.97. The first-order valence-corrected chi connectivity index (χ1v) is 5.26. The Hall–Kier alpha value is -0.860. The summed E-state index contributed by atoms with van der Waals surface area (Å²) in [5, 5.41) is 8.90. The molecule has 0 aromatic heterocycles. The lowest BCUT2D eigenvalue weighted by Crippen LogP contribution is -2.26. The highest BCUT2D eigenvalue weighted by atomic mass is 16.3. The molecule has 0 saturated heterocycles. The first-order chi connectivity index (χ1) is 6.81. The van der Waals surface area contributed by atoms with Crippen LogP contribution in [0.1, 0.15) is 36.4 Å². The van der Waals surface area contributed by atoms with E-state index >= 15 is 0 Å². The maximum Gasteiger partial charge on any atom is 0.0681 e. The van der Waals surface area contributed by atoms with Gasteiger partial charge in [0.1, 0.15) is 0 Å². The van der Waals surface area contributed by atoms with Crippen molar-refractivity contribution in [3.63, 3.8) is 0 Å². The van der Waals surface area contributed by atoms with Crippen molar-refractivity contribution in [2.45, 2.75) is 31.9 Å². The summed E-state index contributed by atoms with van der Waals surface area (Å²) in [4.78, 5) is 0. The van der Waals surface area contributed by atoms with Gasteiger partial charge < -0.3 is 10.8 Å². The standard InChI is InChI=1S/C12H17NO/c13-12(10-2-1-3-10)11-6-4-9(8-14)5-7-11/h4-7,10,12,14H,1-3,8,13H2/t12-/m0/s1. The number of hydrogen-bond acceptors (Lipinski definition) is 2. The molecule has 1 aliphatic rings. The summed E-state index contributed by atoms with van der Waals surface area (Å²) in [7, 11) is 0. The molecule has 1 saturated carbocycles. The fourth-order valence-electron chi connectivity index (χ4n) is 1.92. The Labute approximate surface area is 84.7 Å². The zero-order valence-corrected chi connectivity index (χ0v) is 8.32. The second kappa shape index (κ2) is 4.11. The number of nitrogens with two attached hydrogens (primary N) is 1. The average Bonchev–Trinajstić information content (AvgIpc) is 2.15. The van der Waals surface area contributed by atoms with Crippen LogP contribution in [0.25, 0.3) is 0 Å². The van der Waals surface area contributed by atoms with Crippen LogP contribution in [0, 0.1) is 5.92 Å². The number of benzene rings is 1. The fourth-order valence-corrected chi connectivity index (χ4v) is 1.92. The minimum absolute atomic E-state index is 0.110. The number of aliphatic hydroxyl groups is 1. The summed E-state index contributed by atoms with van der Waals surface area (Å²) in [5.74, 6) is 0.676. The van der Waals surface area contributed by atoms with E-state index in [1.165, 1.54) is 24.8 Å². The normalized spacial score (nSPS) is 19.0. The van der Waals surface area contributed by atoms with E-state index in [4.69, 9.17) is 10.8 Å². The summed E-state index contributed by atoms with van der Waals surface area (Å²) in [5.41, 5.74) is 8.28. The molecule has 0 unspecified atom stereocenters. The van der Waals surface area contributed by atoms with E-state index in [0.717, 1.165) is 5.56 Å². The highest BCUT2D eigenvalue weighted by Gasteiger charge is 2.25. The Bertz CT molecular complexity index is 290. The topological polar surface area (TPSA) is 46.2 Å². The zero-order valence-electron chi connectivity index (χ0n) is 8.32. The molecular formula is C12H17NO. The van der Waals surface area contributed by atoms with E-state index in [1.54, 1.807) is 0 Å². The fraction of sp³-hybridized carbons (Fsp3) is 0.500. The first kappa shape index (κ1) is 9.69. The maximum atomic E-state index is 8.90. The Morgan fingerprint density at radius 1 is 1.29 bits per heavy atom. The molecule has 1 aromatic carbocycles. The largest absolute Gasteiger partial charge is 0.392 e. The van der Waals surface area contributed by atoms with Crippen molar-refractivity contribution in [2.24, 2.45) is 11.7 Å². The molecule has 0 heterocycles. The lowest BCUT2D eigenvalue weighted by atomic mass is 9.77. The molecule has 1 atom stereocenters. The molecule has 0 bridgehead atoms. The summed E-state index contributed by atoms with van der Waals surface area (Å²) < 4.78 is 0. The molecule has 0 spiro atoms. The second-order valence-corrected chi connectivity index (χ2v) is 4.12. The third-order valence-electron chi connectivity index (χ3n) is 3.20. The molecule has 0 radical (unpaired) electrons. The average molecular weight is 191 g/mol. The Kier molecular flexibility index (Phi) is 2.85. The monoisotopic (exact) mass is 191 g/mol. The molecular weight excluding hydrogens is 174 g/mol. The van der Waals surface area contributed by atoms with Gasteiger partial charge in [-0.15, -0.1) is 0 Å². The van der Waals surface area contributed by atoms with Gasteiger partial charge in [-0.05, 0) is 29.9 Å². The molecule has 2 nitrogen and oxygen atoms in total. The van der Waals surface area contributed by atoms with E-state index < -0.39 is 0 Å². The van der Waals surface area contributed by atoms with Crippen molar-refractivity contribution in [3.05, 3.63) is 35.4 Å². The highest BCUT2D eigenvalue weighted by Crippen LogP contribution is 2.35. The van der Waals surface area contributed by atoms with Gasteiger partial charge in [0.25, 0.3) is 0 Å². The predicted octanol–water partition coefficient (Wildman–Crippen LogP) is 1.98. The van der Waals surface area contributed by atoms with Gasteiger partial charge in [-0.2, -0.15) is 0 Å². The summed E-state index contributed by atoms with van der Waals surface area (Å²) >= 11 is 0. The molecule has 76 valence electrons. The van der Waals surface area contributed by atoms with Crippen LogP contribution < -0.4 is 5.73 Å². The number of hydrogen-bond donors (Lipinski definition) is 2. The quantitative estimate of drug-likeness (QED) is 0.767. The van der Waals surface area contributed by atoms with E-state index in [9.17, 15) is 0 Å². The minimum atomic E-state index is 0.110. The van der Waals surface area contributed by atoms with E-state index in [-0.39, 0.29) is 12.6 Å². The smallest absolute Gasteiger partial charge is 0.0681 e. The molecule has 1 aliphatic carbocycles. The summed E-state index contributed by atoms with van der Waals surface area (Å²) in [6.07, 6.45) is 3.86. The van der Waals surface area contributed by atoms with Crippen LogP contribution in [0.15, 0.2) is 24.3 Å². The Balaban J connectivity index is 2.07. The van der Waals surface area contributed by atoms with E-state index in [1.807, 2.05) is 24.3 Å². The van der Waals surface area contributed by atoms with Crippen LogP contribution in [-0.4, -0.2) is 5.11 Å². The van der Waals surface area contributed by atoms with Crippen molar-refractivity contribution in [3.8, 4) is 0 Å². The number of aliphatic hydroxyl groups excluding tert-OH is 1. The van der Waals surface area contributed by atoms with Crippen LogP contribution >= 0.6 is 0 Å². The van der Waals surface area contributed by atoms with Crippen LogP contribution in [-0.2, 0) is 6.61 Å². The van der Waals surface area contributed by atoms with Crippen LogP contribution in [0.4, 0.5) is 0 Å². The molecule has 3 N–H and O–H groups in total. The van der Waals surface area contributed by atoms with Gasteiger partial charge in [-0.3, -0.25) is 0 Å². The van der Waals surface area contributed by atoms with E-state index in [2.05, 4.69) is 0 Å². The van der Waals surface area contributed by atoms with Gasteiger partial charge >= 0.3 is 0 Å². The summed E-state index contributed by atoms with van der Waals surface area (Å²) in [6.45, 7) is 0.110. The van der Waals surface area contributed by atoms with Crippen molar-refractivity contribution in [2.75, 3.05) is 0 Å². The number of rotatable bonds is 3. The lowest BCUT2D eigenvalue weighted by molar-refractivity contribution is 0.264.